The minimum atomic E-state index is 0.972. The largest absolute Gasteiger partial charge is 0.357 e. The number of fused-ring (bicyclic) bond motifs is 1. The third-order valence-electron chi connectivity index (χ3n) is 3.02. The normalized spacial score (nSPS) is 11.1. The number of aromatic nitrogens is 1. The molecule has 0 aliphatic heterocycles. The van der Waals surface area contributed by atoms with Gasteiger partial charge >= 0.3 is 0 Å². The van der Waals surface area contributed by atoms with Gasteiger partial charge in [0.25, 0.3) is 0 Å². The number of aromatic amines is 1. The second-order valence-electron chi connectivity index (χ2n) is 4.41. The Hall–Kier alpha value is -1.39. The van der Waals surface area contributed by atoms with Crippen LogP contribution in [0.3, 0.4) is 0 Å². The first-order valence-electron chi connectivity index (χ1n) is 6.35. The van der Waals surface area contributed by atoms with Crippen molar-refractivity contribution in [2.45, 2.75) is 18.1 Å². The van der Waals surface area contributed by atoms with E-state index in [4.69, 9.17) is 0 Å². The molecule has 0 bridgehead atoms. The molecule has 1 N–H and O–H groups in total. The van der Waals surface area contributed by atoms with Crippen LogP contribution in [0.25, 0.3) is 10.9 Å². The van der Waals surface area contributed by atoms with Crippen LogP contribution in [0.2, 0.25) is 0 Å². The summed E-state index contributed by atoms with van der Waals surface area (Å²) in [6.45, 7) is 5.27. The van der Waals surface area contributed by atoms with Crippen molar-refractivity contribution in [3.63, 3.8) is 0 Å². The number of rotatable bonds is 4. The van der Waals surface area contributed by atoms with Crippen LogP contribution in [0.5, 0.6) is 0 Å². The summed E-state index contributed by atoms with van der Waals surface area (Å²) in [5.74, 6) is 0. The molecule has 19 heavy (non-hydrogen) atoms. The average molecular weight is 288 g/mol. The van der Waals surface area contributed by atoms with Gasteiger partial charge in [0, 0.05) is 17.6 Å². The van der Waals surface area contributed by atoms with Gasteiger partial charge in [0.1, 0.15) is 0 Å². The maximum absolute atomic E-state index is 3.47. The van der Waals surface area contributed by atoms with E-state index >= 15 is 0 Å². The van der Waals surface area contributed by atoms with Crippen LogP contribution in [0.4, 0.5) is 5.69 Å². The molecule has 0 saturated carbocycles. The van der Waals surface area contributed by atoms with Crippen molar-refractivity contribution >= 4 is 39.9 Å². The molecule has 0 fully saturated rings. The lowest BCUT2D eigenvalue weighted by Gasteiger charge is -2.21. The maximum atomic E-state index is 3.47. The molecule has 3 rings (SSSR count). The molecule has 2 nitrogen and oxygen atoms in total. The number of H-pyrrole nitrogens is 1. The Bertz CT molecular complexity index is 671. The third-order valence-corrected chi connectivity index (χ3v) is 5.19. The Morgan fingerprint density at radius 3 is 2.89 bits per heavy atom. The highest BCUT2D eigenvalue weighted by Gasteiger charge is 2.12. The summed E-state index contributed by atoms with van der Waals surface area (Å²) in [7, 11) is 0. The molecule has 4 heteroatoms. The van der Waals surface area contributed by atoms with Gasteiger partial charge < -0.3 is 9.29 Å². The van der Waals surface area contributed by atoms with E-state index in [9.17, 15) is 0 Å². The van der Waals surface area contributed by atoms with Crippen LogP contribution < -0.4 is 4.31 Å². The first-order chi connectivity index (χ1) is 9.28. The number of hydrogen-bond acceptors (Lipinski definition) is 3. The molecule has 0 radical (unpaired) electrons. The number of nitrogens with zero attached hydrogens (tertiary/aromatic N) is 1. The summed E-state index contributed by atoms with van der Waals surface area (Å²) in [5.41, 5.74) is 3.69. The summed E-state index contributed by atoms with van der Waals surface area (Å²) < 4.78 is 3.66. The van der Waals surface area contributed by atoms with Crippen molar-refractivity contribution in [2.24, 2.45) is 0 Å². The predicted molar refractivity (Wildman–Crippen MR) is 86.2 cm³/mol. The van der Waals surface area contributed by atoms with E-state index in [2.05, 4.69) is 64.9 Å². The standard InChI is InChI=1S/C15H16N2S2/c1-3-17(19-14-8-5-9-18-14)13-7-4-6-12-10-11(2)16-15(12)13/h4-10,16H,3H2,1-2H3. The number of nitrogens with one attached hydrogen (secondary N) is 1. The van der Waals surface area contributed by atoms with Gasteiger partial charge in [-0.05, 0) is 49.4 Å². The Morgan fingerprint density at radius 1 is 1.26 bits per heavy atom. The van der Waals surface area contributed by atoms with Gasteiger partial charge in [-0.15, -0.1) is 11.3 Å². The summed E-state index contributed by atoms with van der Waals surface area (Å²) in [6.07, 6.45) is 0. The van der Waals surface area contributed by atoms with Crippen LogP contribution >= 0.6 is 23.3 Å². The summed E-state index contributed by atoms with van der Waals surface area (Å²) in [5, 5.41) is 3.40. The van der Waals surface area contributed by atoms with Gasteiger partial charge in [-0.2, -0.15) is 0 Å². The second kappa shape index (κ2) is 5.31. The van der Waals surface area contributed by atoms with Gasteiger partial charge in [0.2, 0.25) is 0 Å². The summed E-state index contributed by atoms with van der Waals surface area (Å²) in [6, 6.07) is 12.9. The fourth-order valence-electron chi connectivity index (χ4n) is 2.20. The van der Waals surface area contributed by atoms with Gasteiger partial charge in [0.05, 0.1) is 15.4 Å². The van der Waals surface area contributed by atoms with E-state index in [0.717, 1.165) is 6.54 Å². The number of aryl methyl sites for hydroxylation is 1. The molecule has 0 spiro atoms. The molecule has 0 atom stereocenters. The molecule has 0 saturated heterocycles. The Kier molecular flexibility index (Phi) is 3.53. The van der Waals surface area contributed by atoms with E-state index in [1.54, 1.807) is 23.3 Å². The van der Waals surface area contributed by atoms with Crippen LogP contribution in [0, 0.1) is 6.92 Å². The van der Waals surface area contributed by atoms with Crippen molar-refractivity contribution in [3.05, 3.63) is 47.5 Å². The van der Waals surface area contributed by atoms with E-state index in [-0.39, 0.29) is 0 Å². The smallest absolute Gasteiger partial charge is 0.0809 e. The van der Waals surface area contributed by atoms with Crippen molar-refractivity contribution in [1.29, 1.82) is 0 Å². The van der Waals surface area contributed by atoms with Gasteiger partial charge in [-0.1, -0.05) is 18.2 Å². The Labute approximate surface area is 121 Å². The SMILES string of the molecule is CCN(Sc1cccs1)c1cccc2cc(C)[nH]c12. The molecule has 0 aliphatic carbocycles. The zero-order chi connectivity index (χ0) is 13.2. The Balaban J connectivity index is 2.01. The number of hydrogen-bond donors (Lipinski definition) is 1. The lowest BCUT2D eigenvalue weighted by atomic mass is 10.2. The highest BCUT2D eigenvalue weighted by atomic mass is 32.2. The molecule has 2 aromatic heterocycles. The molecule has 98 valence electrons. The van der Waals surface area contributed by atoms with Crippen molar-refractivity contribution in [1.82, 2.24) is 4.98 Å². The zero-order valence-electron chi connectivity index (χ0n) is 11.0. The van der Waals surface area contributed by atoms with E-state index in [1.165, 1.54) is 26.5 Å². The predicted octanol–water partition coefficient (Wildman–Crippen LogP) is 5.07. The van der Waals surface area contributed by atoms with Crippen molar-refractivity contribution in [3.8, 4) is 0 Å². The van der Waals surface area contributed by atoms with Crippen molar-refractivity contribution < 1.29 is 0 Å². The number of thiophene rings is 1. The minimum Gasteiger partial charge on any atom is -0.357 e. The van der Waals surface area contributed by atoms with Crippen LogP contribution in [-0.4, -0.2) is 11.5 Å². The zero-order valence-corrected chi connectivity index (χ0v) is 12.6. The fourth-order valence-corrected chi connectivity index (χ4v) is 3.99. The molecule has 0 aliphatic rings. The van der Waals surface area contributed by atoms with Gasteiger partial charge in [-0.3, -0.25) is 0 Å². The fraction of sp³-hybridized carbons (Fsp3) is 0.200. The highest BCUT2D eigenvalue weighted by molar-refractivity contribution is 8.02. The molecule has 2 heterocycles. The summed E-state index contributed by atoms with van der Waals surface area (Å²) in [4.78, 5) is 3.47. The van der Waals surface area contributed by atoms with Crippen LogP contribution in [0.1, 0.15) is 12.6 Å². The number of anilines is 1. The Morgan fingerprint density at radius 2 is 2.16 bits per heavy atom. The lowest BCUT2D eigenvalue weighted by molar-refractivity contribution is 1.11. The molecule has 3 aromatic rings. The number of benzene rings is 1. The molecule has 1 aromatic carbocycles. The monoisotopic (exact) mass is 288 g/mol. The third kappa shape index (κ3) is 2.51. The van der Waals surface area contributed by atoms with Gasteiger partial charge in [0.15, 0.2) is 0 Å². The molecular weight excluding hydrogens is 272 g/mol. The number of para-hydroxylation sites is 1. The van der Waals surface area contributed by atoms with E-state index < -0.39 is 0 Å². The quantitative estimate of drug-likeness (QED) is 0.676. The van der Waals surface area contributed by atoms with E-state index in [0.29, 0.717) is 0 Å². The lowest BCUT2D eigenvalue weighted by Crippen LogP contribution is -2.13. The van der Waals surface area contributed by atoms with Crippen LogP contribution in [0.15, 0.2) is 46.0 Å². The molecule has 0 amide bonds. The first-order valence-corrected chi connectivity index (χ1v) is 8.00. The molecular formula is C15H16N2S2. The first kappa shape index (κ1) is 12.6. The molecule has 0 unspecified atom stereocenters. The average Bonchev–Trinajstić information content (AvgIpc) is 3.03. The minimum absolute atomic E-state index is 0.972. The van der Waals surface area contributed by atoms with Crippen molar-refractivity contribution in [2.75, 3.05) is 10.8 Å². The summed E-state index contributed by atoms with van der Waals surface area (Å²) >= 11 is 3.59. The maximum Gasteiger partial charge on any atom is 0.0809 e. The van der Waals surface area contributed by atoms with E-state index in [1.807, 2.05) is 0 Å². The highest BCUT2D eigenvalue weighted by Crippen LogP contribution is 2.35. The topological polar surface area (TPSA) is 19.0 Å². The van der Waals surface area contributed by atoms with Gasteiger partial charge in [-0.25, -0.2) is 0 Å². The second-order valence-corrected chi connectivity index (χ2v) is 6.68. The van der Waals surface area contributed by atoms with Crippen LogP contribution in [-0.2, 0) is 0 Å².